The molecule has 6 heterocycles. The van der Waals surface area contributed by atoms with Gasteiger partial charge in [-0.3, -0.25) is 0 Å². The molecule has 0 atom stereocenters. The van der Waals surface area contributed by atoms with Crippen molar-refractivity contribution in [2.45, 2.75) is 0 Å². The van der Waals surface area contributed by atoms with Gasteiger partial charge in [0.25, 0.3) is 0 Å². The average Bonchev–Trinajstić information content (AvgIpc) is 1.56. The van der Waals surface area contributed by atoms with E-state index in [4.69, 9.17) is 26.5 Å². The molecule has 0 fully saturated rings. The van der Waals surface area contributed by atoms with E-state index in [1.165, 1.54) is 121 Å². The monoisotopic (exact) mass is 1710 g/mol. The molecule has 0 saturated heterocycles. The molecule has 29 aromatic rings. The lowest BCUT2D eigenvalue weighted by molar-refractivity contribution is 0.633. The molecule has 6 aromatic heterocycles. The van der Waals surface area contributed by atoms with E-state index in [0.29, 0.717) is 0 Å². The normalized spacial score (nSPS) is 11.9. The molecule has 23 aromatic carbocycles. The second kappa shape index (κ2) is 31.0. The molecule has 29 rings (SSSR count). The van der Waals surface area contributed by atoms with E-state index in [2.05, 4.69) is 400 Å². The summed E-state index contributed by atoms with van der Waals surface area (Å²) in [4.78, 5) is 0. The molecule has 0 bridgehead atoms. The summed E-state index contributed by atoms with van der Waals surface area (Å²) in [6.45, 7) is 0. The first kappa shape index (κ1) is 76.2. The fourth-order valence-corrected chi connectivity index (χ4v) is 21.0. The van der Waals surface area contributed by atoms with Crippen LogP contribution in [0.15, 0.2) is 488 Å². The van der Waals surface area contributed by atoms with Crippen molar-refractivity contribution in [3.63, 3.8) is 0 Å². The van der Waals surface area contributed by atoms with Gasteiger partial charge in [0.05, 0.1) is 0 Å². The lowest BCUT2D eigenvalue weighted by Gasteiger charge is -2.13. The van der Waals surface area contributed by atoms with E-state index < -0.39 is 0 Å². The van der Waals surface area contributed by atoms with Crippen LogP contribution in [0.1, 0.15) is 0 Å². The minimum Gasteiger partial charge on any atom is -0.452 e. The highest BCUT2D eigenvalue weighted by atomic mass is 16.4. The number of fused-ring (bicyclic) bond motifs is 29. The van der Waals surface area contributed by atoms with Crippen LogP contribution in [-0.2, 0) is 0 Å². The second-order valence-electron chi connectivity index (χ2n) is 35.1. The van der Waals surface area contributed by atoms with Crippen molar-refractivity contribution < 1.29 is 26.5 Å². The summed E-state index contributed by atoms with van der Waals surface area (Å²) in [6.07, 6.45) is 0. The Morgan fingerprint density at radius 1 is 0.104 bits per heavy atom. The third kappa shape index (κ3) is 12.7. The zero-order valence-electron chi connectivity index (χ0n) is 72.3. The maximum atomic E-state index is 6.59. The van der Waals surface area contributed by atoms with Gasteiger partial charge in [0.2, 0.25) is 0 Å². The highest BCUT2D eigenvalue weighted by Gasteiger charge is 2.25. The van der Waals surface area contributed by atoms with E-state index in [-0.39, 0.29) is 0 Å². The largest absolute Gasteiger partial charge is 0.452 e. The van der Waals surface area contributed by atoms with E-state index in [1.54, 1.807) is 0 Å². The van der Waals surface area contributed by atoms with Crippen LogP contribution in [0.3, 0.4) is 0 Å². The van der Waals surface area contributed by atoms with Gasteiger partial charge in [0.1, 0.15) is 33.5 Å². The average molecular weight is 1710 g/mol. The number of benzene rings is 23. The highest BCUT2D eigenvalue weighted by molar-refractivity contribution is 6.28. The Balaban J connectivity index is 0.000000102. The SMILES string of the molecule is c1cc(-c2ccc3c4ccccc4c4ccccc4c3c2)cc(-c2cccc3oc4c(ccc5c6ccccc6oc54)c23)c1.c1ccc(-c2cccc(-c3cccc(-c4cccc(-c5cccc6oc7c(ccc8c9ccccc9oc87)c56)c4)c3)c2)cc1.c1ccc2cc(-c3cc(-c4ccc5ccccc5c4)cc(-c4cccc5oc6c(ccc7c8ccccc8oc76)c45)c3)ccc2c1. The molecular weight excluding hydrogens is 1630 g/mol. The van der Waals surface area contributed by atoms with Crippen LogP contribution in [0.5, 0.6) is 0 Å². The van der Waals surface area contributed by atoms with Crippen LogP contribution in [0.2, 0.25) is 0 Å². The maximum absolute atomic E-state index is 6.59. The molecular formula is C128H76O6. The number of hydrogen-bond donors (Lipinski definition) is 0. The van der Waals surface area contributed by atoms with Crippen molar-refractivity contribution >= 4 is 185 Å². The van der Waals surface area contributed by atoms with Crippen LogP contribution >= 0.6 is 0 Å². The Kier molecular flexibility index (Phi) is 17.6. The summed E-state index contributed by atoms with van der Waals surface area (Å²) in [5.41, 5.74) is 31.2. The molecule has 134 heavy (non-hydrogen) atoms. The van der Waals surface area contributed by atoms with Crippen molar-refractivity contribution in [2.24, 2.45) is 0 Å². The van der Waals surface area contributed by atoms with Gasteiger partial charge in [-0.15, -0.1) is 0 Å². The first-order valence-electron chi connectivity index (χ1n) is 45.6. The number of hydrogen-bond acceptors (Lipinski definition) is 6. The quantitative estimate of drug-likeness (QED) is 0.134. The van der Waals surface area contributed by atoms with Crippen molar-refractivity contribution in [2.75, 3.05) is 0 Å². The van der Waals surface area contributed by atoms with Gasteiger partial charge in [-0.25, -0.2) is 0 Å². The smallest absolute Gasteiger partial charge is 0.178 e. The van der Waals surface area contributed by atoms with Crippen LogP contribution in [0.4, 0.5) is 0 Å². The summed E-state index contributed by atoms with van der Waals surface area (Å²) in [7, 11) is 0. The van der Waals surface area contributed by atoms with E-state index in [0.717, 1.165) is 165 Å². The van der Waals surface area contributed by atoms with Gasteiger partial charge in [-0.05, 0) is 287 Å². The molecule has 0 spiro atoms. The summed E-state index contributed by atoms with van der Waals surface area (Å²) in [6, 6.07) is 164. The molecule has 0 aliphatic heterocycles. The van der Waals surface area contributed by atoms with Gasteiger partial charge in [-0.2, -0.15) is 0 Å². The minimum absolute atomic E-state index is 0.789. The number of para-hydroxylation sites is 3. The van der Waals surface area contributed by atoms with Crippen LogP contribution in [-0.4, -0.2) is 0 Å². The molecule has 0 aliphatic rings. The third-order valence-corrected chi connectivity index (χ3v) is 27.4. The van der Waals surface area contributed by atoms with Crippen molar-refractivity contribution in [1.29, 1.82) is 0 Å². The predicted molar refractivity (Wildman–Crippen MR) is 559 cm³/mol. The van der Waals surface area contributed by atoms with E-state index in [9.17, 15) is 0 Å². The predicted octanol–water partition coefficient (Wildman–Crippen LogP) is 37.2. The molecule has 0 amide bonds. The fraction of sp³-hybridized carbons (Fsp3) is 0. The Hall–Kier alpha value is -17.8. The van der Waals surface area contributed by atoms with Gasteiger partial charge in [0, 0.05) is 64.6 Å². The van der Waals surface area contributed by atoms with Crippen LogP contribution in [0.25, 0.3) is 286 Å². The van der Waals surface area contributed by atoms with E-state index >= 15 is 0 Å². The first-order chi connectivity index (χ1) is 66.4. The molecule has 0 saturated carbocycles. The van der Waals surface area contributed by atoms with E-state index in [1.807, 2.05) is 60.7 Å². The van der Waals surface area contributed by atoms with Gasteiger partial charge < -0.3 is 26.5 Å². The zero-order chi connectivity index (χ0) is 88.0. The molecule has 0 aliphatic carbocycles. The zero-order valence-corrected chi connectivity index (χ0v) is 72.3. The molecule has 0 N–H and O–H groups in total. The number of rotatable bonds is 9. The summed E-state index contributed by atoms with van der Waals surface area (Å²) < 4.78 is 38.6. The molecule has 6 nitrogen and oxygen atoms in total. The van der Waals surface area contributed by atoms with Gasteiger partial charge in [-0.1, -0.05) is 328 Å². The summed E-state index contributed by atoms with van der Waals surface area (Å²) in [5, 5.41) is 25.7. The maximum Gasteiger partial charge on any atom is 0.178 e. The molecule has 6 heteroatoms. The molecule has 624 valence electrons. The van der Waals surface area contributed by atoms with Crippen LogP contribution < -0.4 is 0 Å². The topological polar surface area (TPSA) is 78.8 Å². The minimum atomic E-state index is 0.789. The fourth-order valence-electron chi connectivity index (χ4n) is 21.0. The number of furan rings is 6. The van der Waals surface area contributed by atoms with Gasteiger partial charge >= 0.3 is 0 Å². The standard InChI is InChI=1S/C44H26O2.C42H24O2.C42H26O2/c1-3-10-29-22-31(18-16-27(29)8-1)33-24-34(32-19-17-28-9-2-4-11-30(28)23-32)26-35(25-33)36-13-7-15-41-42(36)39-21-20-38-37-12-5-6-14-40(37)45-43(38)44(39)46-41;1-2-13-31-29(11-1)30-12-3-4-14-32(30)37-24-26(19-20-33(31)37)25-9-7-10-27(23-25)28-16-8-18-39-40(28)36-22-21-35-34-15-5-6-17-38(34)43-41(35)42(36)44-39;1-2-10-27(11-3-1)28-12-6-13-29(24-28)30-14-7-15-31(25-30)32-16-8-17-33(26-32)34-19-9-21-39-40(34)37-23-22-36-35-18-4-5-20-38(35)43-41(36)42(37)44-39/h1-26H;1-24H;1-26H. The lowest BCUT2D eigenvalue weighted by Crippen LogP contribution is -1.88. The van der Waals surface area contributed by atoms with Crippen molar-refractivity contribution in [3.8, 4) is 100 Å². The molecule has 0 unspecified atom stereocenters. The van der Waals surface area contributed by atoms with Gasteiger partial charge in [0.15, 0.2) is 33.5 Å². The summed E-state index contributed by atoms with van der Waals surface area (Å²) in [5.74, 6) is 0. The summed E-state index contributed by atoms with van der Waals surface area (Å²) >= 11 is 0. The van der Waals surface area contributed by atoms with Crippen molar-refractivity contribution in [3.05, 3.63) is 461 Å². The third-order valence-electron chi connectivity index (χ3n) is 27.4. The second-order valence-corrected chi connectivity index (χ2v) is 35.1. The highest BCUT2D eigenvalue weighted by Crippen LogP contribution is 2.49. The Morgan fingerprint density at radius 3 is 0.754 bits per heavy atom. The lowest BCUT2D eigenvalue weighted by atomic mass is 9.90. The molecule has 0 radical (unpaired) electrons. The Labute approximate surface area is 767 Å². The van der Waals surface area contributed by atoms with Crippen molar-refractivity contribution in [1.82, 2.24) is 0 Å². The first-order valence-corrected chi connectivity index (χ1v) is 45.6. The Bertz CT molecular complexity index is 9740. The Morgan fingerprint density at radius 2 is 0.343 bits per heavy atom. The van der Waals surface area contributed by atoms with Crippen LogP contribution in [0, 0.1) is 0 Å².